The number of carbonyl (C=O) groups is 1. The molecule has 2 saturated heterocycles. The number of β-amino-alcohol motifs (C(OH)–C–C–N with tert-alkyl or cyclic N) is 1. The molecule has 14 heteroatoms. The number of likely N-dealkylation sites (N-methyl/N-ethyl adjacent to an activating group) is 1. The Hall–Kier alpha value is -4.97. The van der Waals surface area contributed by atoms with Crippen molar-refractivity contribution in [1.29, 1.82) is 5.26 Å². The summed E-state index contributed by atoms with van der Waals surface area (Å²) in [6, 6.07) is 12.6. The van der Waals surface area contributed by atoms with Crippen LogP contribution in [-0.4, -0.2) is 98.1 Å². The first-order valence-corrected chi connectivity index (χ1v) is 15.6. The number of halogens is 1. The van der Waals surface area contributed by atoms with Crippen LogP contribution < -0.4 is 10.2 Å². The third-order valence-corrected chi connectivity index (χ3v) is 8.90. The van der Waals surface area contributed by atoms with Gasteiger partial charge in [0.2, 0.25) is 12.4 Å². The summed E-state index contributed by atoms with van der Waals surface area (Å²) < 4.78 is 15.5. The number of thiazole rings is 1. The molecule has 0 aliphatic carbocycles. The van der Waals surface area contributed by atoms with Crippen LogP contribution in [0.2, 0.25) is 0 Å². The molecule has 0 saturated carbocycles. The lowest BCUT2D eigenvalue weighted by molar-refractivity contribution is -0.127. The Morgan fingerprint density at radius 2 is 1.78 bits per heavy atom. The Kier molecular flexibility index (Phi) is 8.89. The van der Waals surface area contributed by atoms with Crippen molar-refractivity contribution in [2.75, 3.05) is 50.5 Å². The smallest absolute Gasteiger partial charge is 0.222 e. The number of imidazole rings is 1. The first-order valence-electron chi connectivity index (χ1n) is 14.8. The van der Waals surface area contributed by atoms with Crippen molar-refractivity contribution in [1.82, 2.24) is 34.1 Å². The molecule has 5 aromatic rings. The molecule has 236 valence electrons. The van der Waals surface area contributed by atoms with E-state index in [-0.39, 0.29) is 11.9 Å². The maximum absolute atomic E-state index is 13.5. The third-order valence-electron chi connectivity index (χ3n) is 7.86. The zero-order chi connectivity index (χ0) is 32.4. The van der Waals surface area contributed by atoms with Crippen molar-refractivity contribution in [3.8, 4) is 28.5 Å². The monoisotopic (exact) mass is 640 g/mol. The van der Waals surface area contributed by atoms with Gasteiger partial charge in [0.1, 0.15) is 33.9 Å². The maximum Gasteiger partial charge on any atom is 0.222 e. The van der Waals surface area contributed by atoms with E-state index in [1.807, 2.05) is 47.1 Å². The molecule has 7 rings (SSSR count). The highest BCUT2D eigenvalue weighted by atomic mass is 32.1. The van der Waals surface area contributed by atoms with E-state index in [0.717, 1.165) is 54.2 Å². The lowest BCUT2D eigenvalue weighted by Crippen LogP contribution is -2.52. The van der Waals surface area contributed by atoms with Crippen LogP contribution in [0.3, 0.4) is 0 Å². The number of anilines is 3. The molecule has 0 bridgehead atoms. The Morgan fingerprint density at radius 1 is 1.09 bits per heavy atom. The summed E-state index contributed by atoms with van der Waals surface area (Å²) in [5.74, 6) is 1.16. The van der Waals surface area contributed by atoms with Crippen molar-refractivity contribution in [2.24, 2.45) is 0 Å². The molecule has 12 nitrogen and oxygen atoms in total. The number of rotatable bonds is 8. The summed E-state index contributed by atoms with van der Waals surface area (Å²) in [6.45, 7) is 5.07. The van der Waals surface area contributed by atoms with Crippen LogP contribution in [0.4, 0.5) is 21.3 Å². The molecule has 6 heterocycles. The van der Waals surface area contributed by atoms with Gasteiger partial charge in [-0.05, 0) is 49.9 Å². The van der Waals surface area contributed by atoms with Gasteiger partial charge in [-0.25, -0.2) is 24.3 Å². The van der Waals surface area contributed by atoms with Crippen LogP contribution in [0.15, 0.2) is 55.0 Å². The summed E-state index contributed by atoms with van der Waals surface area (Å²) >= 11 is 1.30. The van der Waals surface area contributed by atoms with Crippen molar-refractivity contribution in [3.63, 3.8) is 0 Å². The van der Waals surface area contributed by atoms with Gasteiger partial charge in [0.05, 0.1) is 17.8 Å². The van der Waals surface area contributed by atoms with Gasteiger partial charge in [-0.2, -0.15) is 5.26 Å². The van der Waals surface area contributed by atoms with E-state index in [4.69, 9.17) is 15.1 Å². The number of amides is 1. The van der Waals surface area contributed by atoms with Gasteiger partial charge < -0.3 is 25.1 Å². The van der Waals surface area contributed by atoms with Gasteiger partial charge in [-0.1, -0.05) is 18.3 Å². The van der Waals surface area contributed by atoms with E-state index in [2.05, 4.69) is 40.2 Å². The number of aryl methyl sites for hydroxylation is 1. The van der Waals surface area contributed by atoms with Gasteiger partial charge in [-0.3, -0.25) is 9.20 Å². The number of benzene rings is 1. The minimum absolute atomic E-state index is 0.259. The minimum atomic E-state index is -0.332. The van der Waals surface area contributed by atoms with Crippen molar-refractivity contribution in [3.05, 3.63) is 71.4 Å². The summed E-state index contributed by atoms with van der Waals surface area (Å²) in [5, 5.41) is 22.3. The molecule has 0 atom stereocenters. The van der Waals surface area contributed by atoms with Crippen LogP contribution >= 0.6 is 11.3 Å². The van der Waals surface area contributed by atoms with Crippen molar-refractivity contribution < 1.29 is 14.3 Å². The highest BCUT2D eigenvalue weighted by Crippen LogP contribution is 2.37. The molecule has 0 spiro atoms. The van der Waals surface area contributed by atoms with Crippen LogP contribution in [0, 0.1) is 17.1 Å². The number of aromatic nitrogens is 5. The second-order valence-corrected chi connectivity index (χ2v) is 12.3. The summed E-state index contributed by atoms with van der Waals surface area (Å²) in [4.78, 5) is 34.6. The quantitative estimate of drug-likeness (QED) is 0.241. The van der Waals surface area contributed by atoms with E-state index >= 15 is 0 Å². The maximum atomic E-state index is 13.5. The predicted octanol–water partition coefficient (Wildman–Crippen LogP) is 3.80. The first-order chi connectivity index (χ1) is 22.3. The highest BCUT2D eigenvalue weighted by molar-refractivity contribution is 7.16. The molecule has 2 N–H and O–H groups in total. The van der Waals surface area contributed by atoms with Crippen molar-refractivity contribution in [2.45, 2.75) is 25.5 Å². The molecule has 4 aromatic heterocycles. The van der Waals surface area contributed by atoms with E-state index in [9.17, 15) is 14.4 Å². The molecule has 46 heavy (non-hydrogen) atoms. The molecule has 1 amide bonds. The minimum Gasteiger partial charge on any atom is -0.389 e. The summed E-state index contributed by atoms with van der Waals surface area (Å²) in [6.07, 6.45) is 6.89. The standard InChI is InChI=1S/C28H26FN9S.C4H7NO2/c1-4-22-26(37(3)28-35-25(23(11-30)39-28)17-5-8-20(29)9-6-17)38-14-18(7-10-24(38)34-22)19-12-31-27(32-13-19)33-21-15-36(2)16-21;6-3-5-1-4(7)2-5/h5-10,12-14,21H,4,15-16H2,1-3H3,(H,31,32,33);3-4,7H,1-2H2. The largest absolute Gasteiger partial charge is 0.389 e. The third kappa shape index (κ3) is 6.38. The molecule has 0 unspecified atom stereocenters. The first kappa shape index (κ1) is 31.0. The van der Waals surface area contributed by atoms with Gasteiger partial charge >= 0.3 is 0 Å². The van der Waals surface area contributed by atoms with Gasteiger partial charge in [0.15, 0.2) is 5.13 Å². The highest BCUT2D eigenvalue weighted by Gasteiger charge is 2.24. The van der Waals surface area contributed by atoms with E-state index in [0.29, 0.717) is 46.3 Å². The number of aliphatic hydroxyl groups excluding tert-OH is 1. The van der Waals surface area contributed by atoms with Gasteiger partial charge in [0.25, 0.3) is 0 Å². The summed E-state index contributed by atoms with van der Waals surface area (Å²) in [7, 11) is 4.01. The number of hydrogen-bond donors (Lipinski definition) is 2. The molecular weight excluding hydrogens is 607 g/mol. The Labute approximate surface area is 269 Å². The van der Waals surface area contributed by atoms with Gasteiger partial charge in [-0.15, -0.1) is 0 Å². The Balaban J connectivity index is 0.000000471. The summed E-state index contributed by atoms with van der Waals surface area (Å²) in [5.41, 5.74) is 4.80. The number of nitrogens with one attached hydrogen (secondary N) is 1. The number of carbonyl (C=O) groups excluding carboxylic acids is 1. The second-order valence-electron chi connectivity index (χ2n) is 11.3. The Bertz CT molecular complexity index is 1870. The van der Waals surface area contributed by atoms with Crippen molar-refractivity contribution >= 4 is 40.3 Å². The molecular formula is C32H33FN10O2S. The van der Waals surface area contributed by atoms with Crippen LogP contribution in [-0.2, 0) is 11.2 Å². The lowest BCUT2D eigenvalue weighted by Gasteiger charge is -2.36. The van der Waals surface area contributed by atoms with E-state index in [1.54, 1.807) is 12.1 Å². The zero-order valence-corrected chi connectivity index (χ0v) is 26.4. The van der Waals surface area contributed by atoms with Crippen LogP contribution in [0.1, 0.15) is 17.5 Å². The number of aliphatic hydroxyl groups is 1. The zero-order valence-electron chi connectivity index (χ0n) is 25.6. The number of likely N-dealkylation sites (tertiary alicyclic amines) is 2. The SMILES string of the molecule is CCc1nc2ccc(-c3cnc(NC4CN(C)C4)nc3)cn2c1N(C)c1nc(-c2ccc(F)cc2)c(C#N)s1.O=CN1CC(O)C1. The van der Waals surface area contributed by atoms with Crippen LogP contribution in [0.5, 0.6) is 0 Å². The molecule has 2 aliphatic heterocycles. The predicted molar refractivity (Wildman–Crippen MR) is 174 cm³/mol. The fraction of sp³-hybridized carbons (Fsp3) is 0.312. The molecule has 0 radical (unpaired) electrons. The Morgan fingerprint density at radius 3 is 2.37 bits per heavy atom. The molecule has 2 fully saturated rings. The number of pyridine rings is 1. The number of hydrogen-bond acceptors (Lipinski definition) is 11. The lowest BCUT2D eigenvalue weighted by atomic mass is 10.1. The van der Waals surface area contributed by atoms with E-state index in [1.165, 1.54) is 28.4 Å². The average Bonchev–Trinajstić information content (AvgIpc) is 3.65. The number of nitriles is 1. The number of nitrogens with zero attached hydrogens (tertiary/aromatic N) is 9. The number of fused-ring (bicyclic) bond motifs is 1. The topological polar surface area (TPSA) is 139 Å². The average molecular weight is 641 g/mol. The fourth-order valence-electron chi connectivity index (χ4n) is 5.36. The second kappa shape index (κ2) is 13.2. The van der Waals surface area contributed by atoms with E-state index < -0.39 is 0 Å². The normalized spacial score (nSPS) is 15.0. The fourth-order valence-corrected chi connectivity index (χ4v) is 6.21. The molecule has 2 aliphatic rings. The molecule has 1 aromatic carbocycles. The van der Waals surface area contributed by atoms with Crippen LogP contribution in [0.25, 0.3) is 28.0 Å². The van der Waals surface area contributed by atoms with Gasteiger partial charge in [0, 0.05) is 68.5 Å².